The smallest absolute Gasteiger partial charge is 0.272 e. The molecule has 2 aliphatic rings. The van der Waals surface area contributed by atoms with Crippen molar-refractivity contribution in [1.29, 1.82) is 0 Å². The fourth-order valence-corrected chi connectivity index (χ4v) is 6.39. The Balaban J connectivity index is 1.30. The van der Waals surface area contributed by atoms with Crippen LogP contribution in [0.5, 0.6) is 0 Å². The molecule has 0 bridgehead atoms. The molecule has 0 unspecified atom stereocenters. The number of sulfonamides is 1. The van der Waals surface area contributed by atoms with Crippen molar-refractivity contribution in [3.8, 4) is 5.69 Å². The van der Waals surface area contributed by atoms with Gasteiger partial charge < -0.3 is 5.32 Å². The maximum absolute atomic E-state index is 13.4. The van der Waals surface area contributed by atoms with Crippen molar-refractivity contribution in [2.75, 3.05) is 13.1 Å². The maximum Gasteiger partial charge on any atom is 0.272 e. The van der Waals surface area contributed by atoms with E-state index in [1.165, 1.54) is 12.1 Å². The molecule has 1 aliphatic carbocycles. The molecule has 2 heterocycles. The summed E-state index contributed by atoms with van der Waals surface area (Å²) in [5.41, 5.74) is 3.88. The van der Waals surface area contributed by atoms with Crippen LogP contribution >= 0.6 is 0 Å². The van der Waals surface area contributed by atoms with Crippen molar-refractivity contribution in [3.05, 3.63) is 76.9 Å². The Bertz CT molecular complexity index is 1310. The fraction of sp³-hybridized carbons (Fsp3) is 0.385. The fourth-order valence-electron chi connectivity index (χ4n) is 4.88. The van der Waals surface area contributed by atoms with Gasteiger partial charge in [-0.05, 0) is 80.5 Å². The zero-order chi connectivity index (χ0) is 24.4. The molecule has 5 rings (SSSR count). The molecule has 184 valence electrons. The number of fused-ring (bicyclic) bond motifs is 1. The minimum Gasteiger partial charge on any atom is -0.347 e. The summed E-state index contributed by atoms with van der Waals surface area (Å²) in [4.78, 5) is 13.4. The number of hydrogen-bond donors (Lipinski definition) is 1. The summed E-state index contributed by atoms with van der Waals surface area (Å²) in [5, 5.41) is 7.53. The van der Waals surface area contributed by atoms with Gasteiger partial charge in [-0.15, -0.1) is 0 Å². The third-order valence-electron chi connectivity index (χ3n) is 6.80. The van der Waals surface area contributed by atoms with Crippen molar-refractivity contribution in [3.63, 3.8) is 0 Å². The molecule has 0 atom stereocenters. The lowest BCUT2D eigenvalue weighted by atomic mass is 9.95. The maximum atomic E-state index is 13.4. The molecule has 0 radical (unpaired) electrons. The number of halogens is 1. The number of nitrogens with zero attached hydrogens (tertiary/aromatic N) is 3. The average Bonchev–Trinajstić information content (AvgIpc) is 3.28. The summed E-state index contributed by atoms with van der Waals surface area (Å²) in [6.07, 6.45) is 6.47. The number of rotatable bonds is 6. The average molecular weight is 497 g/mol. The minimum absolute atomic E-state index is 0.265. The van der Waals surface area contributed by atoms with Gasteiger partial charge in [0.1, 0.15) is 5.82 Å². The van der Waals surface area contributed by atoms with Gasteiger partial charge in [0.2, 0.25) is 10.0 Å². The van der Waals surface area contributed by atoms with Crippen molar-refractivity contribution >= 4 is 15.9 Å². The number of amides is 1. The lowest BCUT2D eigenvalue weighted by molar-refractivity contribution is 0.0944. The van der Waals surface area contributed by atoms with Gasteiger partial charge in [0.25, 0.3) is 5.91 Å². The molecular formula is C26H29FN4O3S. The predicted octanol–water partition coefficient (Wildman–Crippen LogP) is 3.99. The second-order valence-corrected chi connectivity index (χ2v) is 11.1. The summed E-state index contributed by atoms with van der Waals surface area (Å²) in [6.45, 7) is 1.39. The monoisotopic (exact) mass is 496 g/mol. The Kier molecular flexibility index (Phi) is 6.71. The van der Waals surface area contributed by atoms with Crippen LogP contribution in [0.1, 0.15) is 59.4 Å². The molecule has 1 fully saturated rings. The molecule has 1 amide bonds. The van der Waals surface area contributed by atoms with Crippen LogP contribution in [0.15, 0.2) is 53.4 Å². The Labute approximate surface area is 205 Å². The molecule has 1 saturated heterocycles. The largest absolute Gasteiger partial charge is 0.347 e. The van der Waals surface area contributed by atoms with Crippen molar-refractivity contribution in [2.45, 2.75) is 56.4 Å². The van der Waals surface area contributed by atoms with E-state index in [0.717, 1.165) is 67.5 Å². The first kappa shape index (κ1) is 23.7. The first-order chi connectivity index (χ1) is 16.9. The predicted molar refractivity (Wildman–Crippen MR) is 130 cm³/mol. The standard InChI is InChI=1S/C26H29FN4O3S/c27-20-10-12-21(13-11-20)31-24-7-3-2-6-23(24)25(29-31)26(32)28-18-19-8-14-22(15-9-19)35(33,34)30-16-4-1-5-17-30/h8-15H,1-7,16-18H2,(H,28,32). The first-order valence-corrected chi connectivity index (χ1v) is 13.6. The second kappa shape index (κ2) is 9.91. The van der Waals surface area contributed by atoms with Crippen LogP contribution in [0.3, 0.4) is 0 Å². The molecule has 1 N–H and O–H groups in total. The molecule has 0 spiro atoms. The zero-order valence-electron chi connectivity index (χ0n) is 19.5. The summed E-state index contributed by atoms with van der Waals surface area (Å²) < 4.78 is 42.4. The van der Waals surface area contributed by atoms with E-state index in [4.69, 9.17) is 0 Å². The third-order valence-corrected chi connectivity index (χ3v) is 8.71. The zero-order valence-corrected chi connectivity index (χ0v) is 20.4. The Morgan fingerprint density at radius 1 is 0.914 bits per heavy atom. The Morgan fingerprint density at radius 2 is 1.60 bits per heavy atom. The van der Waals surface area contributed by atoms with Crippen LogP contribution in [0, 0.1) is 5.82 Å². The summed E-state index contributed by atoms with van der Waals surface area (Å²) >= 11 is 0. The Morgan fingerprint density at radius 3 is 2.31 bits per heavy atom. The number of piperidine rings is 1. The van der Waals surface area contributed by atoms with Gasteiger partial charge in [-0.3, -0.25) is 4.79 Å². The van der Waals surface area contributed by atoms with E-state index < -0.39 is 10.0 Å². The molecule has 0 saturated carbocycles. The number of nitrogens with one attached hydrogen (secondary N) is 1. The van der Waals surface area contributed by atoms with E-state index in [1.807, 2.05) is 0 Å². The molecule has 1 aliphatic heterocycles. The minimum atomic E-state index is -3.48. The first-order valence-electron chi connectivity index (χ1n) is 12.2. The highest BCUT2D eigenvalue weighted by molar-refractivity contribution is 7.89. The SMILES string of the molecule is O=C(NCc1ccc(S(=O)(=O)N2CCCCC2)cc1)c1nn(-c2ccc(F)cc2)c2c1CCCC2. The molecule has 3 aromatic rings. The van der Waals surface area contributed by atoms with E-state index in [2.05, 4.69) is 10.4 Å². The van der Waals surface area contributed by atoms with Gasteiger partial charge in [-0.1, -0.05) is 18.6 Å². The van der Waals surface area contributed by atoms with E-state index in [9.17, 15) is 17.6 Å². The number of carbonyl (C=O) groups is 1. The van der Waals surface area contributed by atoms with Crippen LogP contribution < -0.4 is 5.32 Å². The molecule has 35 heavy (non-hydrogen) atoms. The van der Waals surface area contributed by atoms with E-state index in [1.54, 1.807) is 45.4 Å². The normalized spacial score (nSPS) is 16.6. The van der Waals surface area contributed by atoms with Gasteiger partial charge in [0.05, 0.1) is 10.6 Å². The number of aromatic nitrogens is 2. The molecular weight excluding hydrogens is 467 g/mol. The molecule has 7 nitrogen and oxygen atoms in total. The molecule has 9 heteroatoms. The summed E-state index contributed by atoms with van der Waals surface area (Å²) in [6, 6.07) is 12.8. The quantitative estimate of drug-likeness (QED) is 0.559. The van der Waals surface area contributed by atoms with Gasteiger partial charge in [0.15, 0.2) is 5.69 Å². The second-order valence-electron chi connectivity index (χ2n) is 9.16. The van der Waals surface area contributed by atoms with Crippen LogP contribution in [0.4, 0.5) is 4.39 Å². The van der Waals surface area contributed by atoms with Crippen molar-refractivity contribution in [2.24, 2.45) is 0 Å². The van der Waals surface area contributed by atoms with Gasteiger partial charge in [-0.25, -0.2) is 17.5 Å². The van der Waals surface area contributed by atoms with Gasteiger partial charge >= 0.3 is 0 Å². The molecule has 2 aromatic carbocycles. The van der Waals surface area contributed by atoms with Crippen molar-refractivity contribution in [1.82, 2.24) is 19.4 Å². The number of hydrogen-bond acceptors (Lipinski definition) is 4. The lowest BCUT2D eigenvalue weighted by Gasteiger charge is -2.25. The van der Waals surface area contributed by atoms with E-state index in [0.29, 0.717) is 18.8 Å². The number of carbonyl (C=O) groups excluding carboxylic acids is 1. The van der Waals surface area contributed by atoms with Crippen LogP contribution in [0.25, 0.3) is 5.69 Å². The van der Waals surface area contributed by atoms with Gasteiger partial charge in [-0.2, -0.15) is 9.40 Å². The van der Waals surface area contributed by atoms with Crippen molar-refractivity contribution < 1.29 is 17.6 Å². The van der Waals surface area contributed by atoms with E-state index in [-0.39, 0.29) is 23.2 Å². The van der Waals surface area contributed by atoms with Gasteiger partial charge in [0, 0.05) is 30.9 Å². The number of benzene rings is 2. The third kappa shape index (κ3) is 4.88. The lowest BCUT2D eigenvalue weighted by Crippen LogP contribution is -2.35. The Hall–Kier alpha value is -3.04. The summed E-state index contributed by atoms with van der Waals surface area (Å²) in [5.74, 6) is -0.587. The summed E-state index contributed by atoms with van der Waals surface area (Å²) in [7, 11) is -3.48. The molecule has 1 aromatic heterocycles. The highest BCUT2D eigenvalue weighted by Crippen LogP contribution is 2.27. The highest BCUT2D eigenvalue weighted by Gasteiger charge is 2.27. The highest BCUT2D eigenvalue weighted by atomic mass is 32.2. The van der Waals surface area contributed by atoms with Crippen LogP contribution in [0.2, 0.25) is 0 Å². The van der Waals surface area contributed by atoms with E-state index >= 15 is 0 Å². The van der Waals surface area contributed by atoms with Crippen LogP contribution in [-0.2, 0) is 29.4 Å². The topological polar surface area (TPSA) is 84.3 Å². The van der Waals surface area contributed by atoms with Crippen LogP contribution in [-0.4, -0.2) is 41.5 Å².